The molecule has 4 heteroatoms. The van der Waals surface area contributed by atoms with E-state index < -0.39 is 0 Å². The predicted molar refractivity (Wildman–Crippen MR) is 91.8 cm³/mol. The SMILES string of the molecule is O=C(c1ccc2c(c1)OCCO2)N1CCCC(c2ccccc2)C1. The first-order valence-corrected chi connectivity index (χ1v) is 8.55. The van der Waals surface area contributed by atoms with Crippen molar-refractivity contribution in [2.45, 2.75) is 18.8 Å². The molecule has 0 N–H and O–H groups in total. The first-order chi connectivity index (χ1) is 11.8. The van der Waals surface area contributed by atoms with E-state index >= 15 is 0 Å². The molecule has 1 amide bonds. The fraction of sp³-hybridized carbons (Fsp3) is 0.350. The lowest BCUT2D eigenvalue weighted by Gasteiger charge is -2.33. The molecule has 2 aliphatic rings. The van der Waals surface area contributed by atoms with E-state index in [2.05, 4.69) is 24.3 Å². The van der Waals surface area contributed by atoms with Crippen LogP contribution in [0.2, 0.25) is 0 Å². The number of nitrogens with zero attached hydrogens (tertiary/aromatic N) is 1. The highest BCUT2D eigenvalue weighted by Crippen LogP contribution is 2.32. The van der Waals surface area contributed by atoms with Crippen molar-refractivity contribution in [3.8, 4) is 11.5 Å². The smallest absolute Gasteiger partial charge is 0.254 e. The van der Waals surface area contributed by atoms with E-state index in [1.54, 1.807) is 0 Å². The van der Waals surface area contributed by atoms with Crippen LogP contribution in [0.1, 0.15) is 34.7 Å². The number of carbonyl (C=O) groups excluding carboxylic acids is 1. The van der Waals surface area contributed by atoms with Gasteiger partial charge in [0.2, 0.25) is 0 Å². The van der Waals surface area contributed by atoms with Crippen molar-refractivity contribution in [2.24, 2.45) is 0 Å². The number of carbonyl (C=O) groups is 1. The predicted octanol–water partition coefficient (Wildman–Crippen LogP) is 3.48. The van der Waals surface area contributed by atoms with Crippen LogP contribution < -0.4 is 9.47 Å². The van der Waals surface area contributed by atoms with Crippen LogP contribution in [0, 0.1) is 0 Å². The van der Waals surface area contributed by atoms with E-state index in [1.807, 2.05) is 29.2 Å². The van der Waals surface area contributed by atoms with Crippen molar-refractivity contribution in [1.29, 1.82) is 0 Å². The van der Waals surface area contributed by atoms with Crippen LogP contribution in [0.25, 0.3) is 0 Å². The number of ether oxygens (including phenoxy) is 2. The number of piperidine rings is 1. The Hall–Kier alpha value is -2.49. The standard InChI is InChI=1S/C20H21NO3/c22-20(16-8-9-18-19(13-16)24-12-11-23-18)21-10-4-7-17(14-21)15-5-2-1-3-6-15/h1-3,5-6,8-9,13,17H,4,7,10-12,14H2. The van der Waals surface area contributed by atoms with E-state index in [4.69, 9.17) is 9.47 Å². The molecule has 0 spiro atoms. The van der Waals surface area contributed by atoms with Gasteiger partial charge in [-0.2, -0.15) is 0 Å². The molecule has 4 rings (SSSR count). The van der Waals surface area contributed by atoms with Gasteiger partial charge in [0.05, 0.1) is 0 Å². The Bertz CT molecular complexity index is 729. The Kier molecular flexibility index (Phi) is 4.11. The highest BCUT2D eigenvalue weighted by molar-refractivity contribution is 5.95. The van der Waals surface area contributed by atoms with Crippen molar-refractivity contribution in [3.05, 3.63) is 59.7 Å². The van der Waals surface area contributed by atoms with Crippen molar-refractivity contribution < 1.29 is 14.3 Å². The fourth-order valence-corrected chi connectivity index (χ4v) is 3.52. The molecule has 0 aliphatic carbocycles. The molecular weight excluding hydrogens is 302 g/mol. The maximum Gasteiger partial charge on any atom is 0.254 e. The summed E-state index contributed by atoms with van der Waals surface area (Å²) in [5.74, 6) is 1.89. The Morgan fingerprint density at radius 1 is 1.00 bits per heavy atom. The maximum absolute atomic E-state index is 12.9. The fourth-order valence-electron chi connectivity index (χ4n) is 3.52. The zero-order chi connectivity index (χ0) is 16.4. The molecule has 1 fully saturated rings. The topological polar surface area (TPSA) is 38.8 Å². The zero-order valence-electron chi connectivity index (χ0n) is 13.6. The Balaban J connectivity index is 1.51. The summed E-state index contributed by atoms with van der Waals surface area (Å²) in [5, 5.41) is 0. The molecule has 124 valence electrons. The normalized spacial score (nSPS) is 19.8. The summed E-state index contributed by atoms with van der Waals surface area (Å²) in [7, 11) is 0. The summed E-state index contributed by atoms with van der Waals surface area (Å²) >= 11 is 0. The van der Waals surface area contributed by atoms with Crippen molar-refractivity contribution in [1.82, 2.24) is 4.90 Å². The van der Waals surface area contributed by atoms with Gasteiger partial charge < -0.3 is 14.4 Å². The van der Waals surface area contributed by atoms with Gasteiger partial charge in [0.25, 0.3) is 5.91 Å². The third-order valence-electron chi connectivity index (χ3n) is 4.77. The summed E-state index contributed by atoms with van der Waals surface area (Å²) in [4.78, 5) is 14.9. The third-order valence-corrected chi connectivity index (χ3v) is 4.77. The van der Waals surface area contributed by atoms with Gasteiger partial charge in [0.1, 0.15) is 13.2 Å². The van der Waals surface area contributed by atoms with E-state index in [-0.39, 0.29) is 5.91 Å². The van der Waals surface area contributed by atoms with E-state index in [0.717, 1.165) is 31.7 Å². The zero-order valence-corrected chi connectivity index (χ0v) is 13.6. The lowest BCUT2D eigenvalue weighted by Crippen LogP contribution is -2.39. The summed E-state index contributed by atoms with van der Waals surface area (Å²) in [6, 6.07) is 16.0. The maximum atomic E-state index is 12.9. The molecule has 2 aromatic rings. The van der Waals surface area contributed by atoms with Gasteiger partial charge in [-0.25, -0.2) is 0 Å². The monoisotopic (exact) mass is 323 g/mol. The average molecular weight is 323 g/mol. The van der Waals surface area contributed by atoms with Gasteiger partial charge in [0, 0.05) is 24.6 Å². The van der Waals surface area contributed by atoms with Gasteiger partial charge in [-0.05, 0) is 36.6 Å². The number of fused-ring (bicyclic) bond motifs is 1. The van der Waals surface area contributed by atoms with E-state index in [0.29, 0.717) is 30.4 Å². The number of hydrogen-bond acceptors (Lipinski definition) is 3. The molecule has 1 atom stereocenters. The van der Waals surface area contributed by atoms with Gasteiger partial charge in [-0.3, -0.25) is 4.79 Å². The van der Waals surface area contributed by atoms with Crippen LogP contribution in [0.15, 0.2) is 48.5 Å². The summed E-state index contributed by atoms with van der Waals surface area (Å²) in [5.41, 5.74) is 1.99. The molecule has 1 unspecified atom stereocenters. The van der Waals surface area contributed by atoms with Crippen molar-refractivity contribution in [3.63, 3.8) is 0 Å². The number of likely N-dealkylation sites (tertiary alicyclic amines) is 1. The van der Waals surface area contributed by atoms with E-state index in [1.165, 1.54) is 5.56 Å². The van der Waals surface area contributed by atoms with Gasteiger partial charge in [-0.1, -0.05) is 30.3 Å². The molecule has 1 saturated heterocycles. The lowest BCUT2D eigenvalue weighted by atomic mass is 9.90. The second-order valence-electron chi connectivity index (χ2n) is 6.36. The molecule has 0 bridgehead atoms. The molecule has 2 heterocycles. The number of hydrogen-bond donors (Lipinski definition) is 0. The van der Waals surface area contributed by atoms with Crippen molar-refractivity contribution >= 4 is 5.91 Å². The molecule has 2 aliphatic heterocycles. The number of benzene rings is 2. The largest absolute Gasteiger partial charge is 0.486 e. The van der Waals surface area contributed by atoms with E-state index in [9.17, 15) is 4.79 Å². The minimum absolute atomic E-state index is 0.0765. The Labute approximate surface area is 142 Å². The van der Waals surface area contributed by atoms with Gasteiger partial charge >= 0.3 is 0 Å². The first kappa shape index (κ1) is 15.1. The lowest BCUT2D eigenvalue weighted by molar-refractivity contribution is 0.0706. The molecule has 0 saturated carbocycles. The molecule has 4 nitrogen and oxygen atoms in total. The summed E-state index contributed by atoms with van der Waals surface area (Å²) in [6.07, 6.45) is 2.17. The highest BCUT2D eigenvalue weighted by Gasteiger charge is 2.26. The highest BCUT2D eigenvalue weighted by atomic mass is 16.6. The average Bonchev–Trinajstić information content (AvgIpc) is 2.68. The van der Waals surface area contributed by atoms with Crippen LogP contribution in [0.5, 0.6) is 11.5 Å². The molecule has 0 aromatic heterocycles. The van der Waals surface area contributed by atoms with Gasteiger partial charge in [0.15, 0.2) is 11.5 Å². The van der Waals surface area contributed by atoms with Crippen LogP contribution in [0.3, 0.4) is 0 Å². The molecular formula is C20H21NO3. The third kappa shape index (κ3) is 2.96. The van der Waals surface area contributed by atoms with Crippen LogP contribution in [0.4, 0.5) is 0 Å². The Morgan fingerprint density at radius 3 is 2.62 bits per heavy atom. The quantitative estimate of drug-likeness (QED) is 0.849. The molecule has 24 heavy (non-hydrogen) atoms. The second-order valence-corrected chi connectivity index (χ2v) is 6.36. The second kappa shape index (κ2) is 6.56. The van der Waals surface area contributed by atoms with Crippen LogP contribution in [-0.4, -0.2) is 37.1 Å². The number of rotatable bonds is 2. The van der Waals surface area contributed by atoms with Crippen LogP contribution in [-0.2, 0) is 0 Å². The minimum atomic E-state index is 0.0765. The molecule has 0 radical (unpaired) electrons. The summed E-state index contributed by atoms with van der Waals surface area (Å²) in [6.45, 7) is 2.68. The van der Waals surface area contributed by atoms with Gasteiger partial charge in [-0.15, -0.1) is 0 Å². The van der Waals surface area contributed by atoms with Crippen molar-refractivity contribution in [2.75, 3.05) is 26.3 Å². The van der Waals surface area contributed by atoms with Crippen LogP contribution >= 0.6 is 0 Å². The Morgan fingerprint density at radius 2 is 1.79 bits per heavy atom. The molecule has 2 aromatic carbocycles. The summed E-state index contributed by atoms with van der Waals surface area (Å²) < 4.78 is 11.1. The minimum Gasteiger partial charge on any atom is -0.486 e. The first-order valence-electron chi connectivity index (χ1n) is 8.55. The number of amides is 1.